The first-order valence-electron chi connectivity index (χ1n) is 8.42. The normalized spacial score (nSPS) is 10.2. The molecule has 0 aliphatic rings. The zero-order chi connectivity index (χ0) is 18.2. The second-order valence-corrected chi connectivity index (χ2v) is 5.64. The molecular weight excluding hydrogens is 316 g/mol. The van der Waals surface area contributed by atoms with Crippen molar-refractivity contribution in [2.75, 3.05) is 29.9 Å². The molecule has 0 fully saturated rings. The van der Waals surface area contributed by atoms with Gasteiger partial charge < -0.3 is 15.0 Å². The van der Waals surface area contributed by atoms with Gasteiger partial charge in [-0.25, -0.2) is 0 Å². The summed E-state index contributed by atoms with van der Waals surface area (Å²) < 4.78 is 5.44. The van der Waals surface area contributed by atoms with E-state index in [9.17, 15) is 9.59 Å². The maximum absolute atomic E-state index is 12.0. The number of anilines is 2. The highest BCUT2D eigenvalue weighted by molar-refractivity contribution is 5.94. The van der Waals surface area contributed by atoms with Crippen LogP contribution in [0.25, 0.3) is 0 Å². The van der Waals surface area contributed by atoms with Crippen LogP contribution in [0, 0.1) is 0 Å². The zero-order valence-electron chi connectivity index (χ0n) is 14.9. The molecule has 0 aliphatic heterocycles. The smallest absolute Gasteiger partial charge is 0.262 e. The Balaban J connectivity index is 1.86. The summed E-state index contributed by atoms with van der Waals surface area (Å²) in [6.45, 7) is 7.53. The van der Waals surface area contributed by atoms with Crippen molar-refractivity contribution >= 4 is 23.1 Å². The zero-order valence-corrected chi connectivity index (χ0v) is 14.9. The predicted molar refractivity (Wildman–Crippen MR) is 101 cm³/mol. The number of amides is 1. The lowest BCUT2D eigenvalue weighted by Gasteiger charge is -2.21. The molecule has 0 spiro atoms. The third kappa shape index (κ3) is 5.35. The number of nitrogens with one attached hydrogen (secondary N) is 1. The lowest BCUT2D eigenvalue weighted by atomic mass is 10.1. The fourth-order valence-electron chi connectivity index (χ4n) is 2.48. The fourth-order valence-corrected chi connectivity index (χ4v) is 2.48. The van der Waals surface area contributed by atoms with Crippen LogP contribution in [0.2, 0.25) is 0 Å². The molecule has 0 radical (unpaired) electrons. The van der Waals surface area contributed by atoms with Crippen molar-refractivity contribution in [2.45, 2.75) is 20.8 Å². The van der Waals surface area contributed by atoms with Gasteiger partial charge in [-0.3, -0.25) is 9.59 Å². The molecule has 0 aliphatic carbocycles. The predicted octanol–water partition coefficient (Wildman–Crippen LogP) is 3.75. The molecule has 25 heavy (non-hydrogen) atoms. The van der Waals surface area contributed by atoms with Gasteiger partial charge in [0, 0.05) is 30.0 Å². The van der Waals surface area contributed by atoms with Crippen LogP contribution in [0.5, 0.6) is 5.75 Å². The molecule has 132 valence electrons. The van der Waals surface area contributed by atoms with Crippen molar-refractivity contribution in [2.24, 2.45) is 0 Å². The number of hydrogen-bond donors (Lipinski definition) is 1. The highest BCUT2D eigenvalue weighted by atomic mass is 16.5. The maximum Gasteiger partial charge on any atom is 0.262 e. The third-order valence-electron chi connectivity index (χ3n) is 3.91. The van der Waals surface area contributed by atoms with Gasteiger partial charge in [-0.2, -0.15) is 0 Å². The Bertz CT molecular complexity index is 705. The van der Waals surface area contributed by atoms with Gasteiger partial charge in [0.2, 0.25) is 0 Å². The Morgan fingerprint density at radius 1 is 0.960 bits per heavy atom. The minimum absolute atomic E-state index is 0.00236. The molecule has 0 saturated carbocycles. The van der Waals surface area contributed by atoms with Gasteiger partial charge in [0.05, 0.1) is 0 Å². The van der Waals surface area contributed by atoms with Crippen molar-refractivity contribution in [3.05, 3.63) is 54.1 Å². The van der Waals surface area contributed by atoms with Crippen LogP contribution in [0.3, 0.4) is 0 Å². The molecule has 2 aromatic carbocycles. The number of carbonyl (C=O) groups excluding carboxylic acids is 2. The summed E-state index contributed by atoms with van der Waals surface area (Å²) >= 11 is 0. The van der Waals surface area contributed by atoms with E-state index in [0.717, 1.165) is 24.5 Å². The molecule has 1 N–H and O–H groups in total. The van der Waals surface area contributed by atoms with Gasteiger partial charge in [0.25, 0.3) is 5.91 Å². The minimum Gasteiger partial charge on any atom is -0.484 e. The summed E-state index contributed by atoms with van der Waals surface area (Å²) in [6, 6.07) is 14.5. The van der Waals surface area contributed by atoms with Gasteiger partial charge in [0.1, 0.15) is 5.75 Å². The standard InChI is InChI=1S/C20H24N2O3/c1-4-22(5-2)18-10-8-17(9-11-18)21-20(24)14-25-19-12-6-16(7-13-19)15(3)23/h6-13H,4-5,14H2,1-3H3,(H,21,24). The number of nitrogens with zero attached hydrogens (tertiary/aromatic N) is 1. The molecule has 1 amide bonds. The first-order valence-corrected chi connectivity index (χ1v) is 8.42. The lowest BCUT2D eigenvalue weighted by molar-refractivity contribution is -0.118. The molecule has 0 aromatic heterocycles. The summed E-state index contributed by atoms with van der Waals surface area (Å²) in [7, 11) is 0. The molecule has 0 heterocycles. The van der Waals surface area contributed by atoms with Crippen molar-refractivity contribution in [1.29, 1.82) is 0 Å². The molecule has 0 saturated heterocycles. The molecule has 2 aromatic rings. The first-order chi connectivity index (χ1) is 12.0. The van der Waals surface area contributed by atoms with Gasteiger partial charge >= 0.3 is 0 Å². The van der Waals surface area contributed by atoms with E-state index in [1.54, 1.807) is 24.3 Å². The van der Waals surface area contributed by atoms with Crippen molar-refractivity contribution in [1.82, 2.24) is 0 Å². The summed E-state index contributed by atoms with van der Waals surface area (Å²) in [5, 5.41) is 2.81. The number of benzene rings is 2. The summed E-state index contributed by atoms with van der Waals surface area (Å²) in [4.78, 5) is 25.4. The Kier molecular flexibility index (Phi) is 6.57. The second kappa shape index (κ2) is 8.87. The Morgan fingerprint density at radius 3 is 2.08 bits per heavy atom. The van der Waals surface area contributed by atoms with Crippen LogP contribution in [0.1, 0.15) is 31.1 Å². The molecule has 2 rings (SSSR count). The largest absolute Gasteiger partial charge is 0.484 e. The average molecular weight is 340 g/mol. The van der Waals surface area contributed by atoms with Crippen LogP contribution in [-0.4, -0.2) is 31.4 Å². The van der Waals surface area contributed by atoms with E-state index in [4.69, 9.17) is 4.74 Å². The molecular formula is C20H24N2O3. The Hall–Kier alpha value is -2.82. The number of hydrogen-bond acceptors (Lipinski definition) is 4. The number of Topliss-reactive ketones (excluding diaryl/α,β-unsaturated/α-hetero) is 1. The number of carbonyl (C=O) groups is 2. The van der Waals surface area contributed by atoms with E-state index in [-0.39, 0.29) is 18.3 Å². The summed E-state index contributed by atoms with van der Waals surface area (Å²) in [5.74, 6) is 0.320. The first kappa shape index (κ1) is 18.5. The van der Waals surface area contributed by atoms with E-state index in [2.05, 4.69) is 24.1 Å². The lowest BCUT2D eigenvalue weighted by Crippen LogP contribution is -2.22. The van der Waals surface area contributed by atoms with Crippen molar-refractivity contribution < 1.29 is 14.3 Å². The summed E-state index contributed by atoms with van der Waals surface area (Å²) in [6.07, 6.45) is 0. The van der Waals surface area contributed by atoms with E-state index in [0.29, 0.717) is 11.3 Å². The van der Waals surface area contributed by atoms with Gasteiger partial charge in [-0.05, 0) is 69.3 Å². The highest BCUT2D eigenvalue weighted by Crippen LogP contribution is 2.18. The minimum atomic E-state index is -0.230. The average Bonchev–Trinajstić information content (AvgIpc) is 2.63. The van der Waals surface area contributed by atoms with Crippen LogP contribution >= 0.6 is 0 Å². The number of ether oxygens (including phenoxy) is 1. The topological polar surface area (TPSA) is 58.6 Å². The quantitative estimate of drug-likeness (QED) is 0.744. The highest BCUT2D eigenvalue weighted by Gasteiger charge is 2.06. The number of rotatable bonds is 8. The van der Waals surface area contributed by atoms with Crippen LogP contribution in [-0.2, 0) is 4.79 Å². The molecule has 0 bridgehead atoms. The maximum atomic E-state index is 12.0. The summed E-state index contributed by atoms with van der Waals surface area (Å²) in [5.41, 5.74) is 2.48. The van der Waals surface area contributed by atoms with Crippen molar-refractivity contribution in [3.63, 3.8) is 0 Å². The van der Waals surface area contributed by atoms with Gasteiger partial charge in [0.15, 0.2) is 12.4 Å². The fraction of sp³-hybridized carbons (Fsp3) is 0.300. The second-order valence-electron chi connectivity index (χ2n) is 5.64. The molecule has 0 atom stereocenters. The monoisotopic (exact) mass is 340 g/mol. The third-order valence-corrected chi connectivity index (χ3v) is 3.91. The number of ketones is 1. The van der Waals surface area contributed by atoms with E-state index in [1.807, 2.05) is 24.3 Å². The van der Waals surface area contributed by atoms with Crippen molar-refractivity contribution in [3.8, 4) is 5.75 Å². The molecule has 0 unspecified atom stereocenters. The van der Waals surface area contributed by atoms with Gasteiger partial charge in [-0.15, -0.1) is 0 Å². The Morgan fingerprint density at radius 2 is 1.56 bits per heavy atom. The van der Waals surface area contributed by atoms with E-state index in [1.165, 1.54) is 6.92 Å². The molecule has 5 nitrogen and oxygen atoms in total. The van der Waals surface area contributed by atoms with E-state index >= 15 is 0 Å². The van der Waals surface area contributed by atoms with Crippen LogP contribution in [0.15, 0.2) is 48.5 Å². The van der Waals surface area contributed by atoms with Crippen LogP contribution in [0.4, 0.5) is 11.4 Å². The van der Waals surface area contributed by atoms with Crippen LogP contribution < -0.4 is 15.0 Å². The SMILES string of the molecule is CCN(CC)c1ccc(NC(=O)COc2ccc(C(C)=O)cc2)cc1. The Labute approximate surface area is 148 Å². The van der Waals surface area contributed by atoms with E-state index < -0.39 is 0 Å². The molecule has 5 heteroatoms. The van der Waals surface area contributed by atoms with Gasteiger partial charge in [-0.1, -0.05) is 0 Å².